The summed E-state index contributed by atoms with van der Waals surface area (Å²) in [7, 11) is 0. The lowest BCUT2D eigenvalue weighted by Gasteiger charge is -2.04. The smallest absolute Gasteiger partial charge is 0.303 e. The Morgan fingerprint density at radius 1 is 0.387 bits per heavy atom. The van der Waals surface area contributed by atoms with E-state index in [-0.39, 0.29) is 0 Å². The van der Waals surface area contributed by atoms with Gasteiger partial charge in [-0.25, -0.2) is 0 Å². The molecule has 0 aromatic heterocycles. The summed E-state index contributed by atoms with van der Waals surface area (Å²) >= 11 is 0. The first-order chi connectivity index (χ1) is 15.3. The molecule has 0 spiro atoms. The Kier molecular flexibility index (Phi) is 27.0. The van der Waals surface area contributed by atoms with E-state index >= 15 is 0 Å². The number of carboxylic acids is 1. The molecule has 0 aliphatic heterocycles. The van der Waals surface area contributed by atoms with Crippen LogP contribution in [0.3, 0.4) is 0 Å². The number of hydrogen-bond acceptors (Lipinski definition) is 1. The van der Waals surface area contributed by atoms with Crippen LogP contribution in [0.2, 0.25) is 0 Å². The van der Waals surface area contributed by atoms with Gasteiger partial charge in [0.05, 0.1) is 0 Å². The highest BCUT2D eigenvalue weighted by Gasteiger charge is 1.98. The molecule has 2 heteroatoms. The first-order valence-electron chi connectivity index (χ1n) is 14.5. The predicted molar refractivity (Wildman–Crippen MR) is 138 cm³/mol. The van der Waals surface area contributed by atoms with Crippen LogP contribution < -0.4 is 0 Å². The fraction of sp³-hybridized carbons (Fsp3) is 0.966. The maximum Gasteiger partial charge on any atom is 0.303 e. The van der Waals surface area contributed by atoms with E-state index < -0.39 is 5.97 Å². The molecule has 0 bridgehead atoms. The van der Waals surface area contributed by atoms with Gasteiger partial charge in [0.2, 0.25) is 0 Å². The van der Waals surface area contributed by atoms with E-state index in [2.05, 4.69) is 6.92 Å². The van der Waals surface area contributed by atoms with Crippen LogP contribution in [-0.2, 0) is 4.79 Å². The van der Waals surface area contributed by atoms with Crippen LogP contribution in [0, 0.1) is 0 Å². The number of hydrogen-bond donors (Lipinski definition) is 1. The van der Waals surface area contributed by atoms with Crippen molar-refractivity contribution in [3.8, 4) is 0 Å². The summed E-state index contributed by atoms with van der Waals surface area (Å²) in [4.78, 5) is 10.4. The van der Waals surface area contributed by atoms with Crippen molar-refractivity contribution in [3.05, 3.63) is 0 Å². The SMILES string of the molecule is CCCCCCCCCCCCCCCCCCCCCCCCCCCCC(=O)O. The first-order valence-corrected chi connectivity index (χ1v) is 14.5. The number of carboxylic acid groups (broad SMARTS) is 1. The average molecular weight is 439 g/mol. The van der Waals surface area contributed by atoms with Gasteiger partial charge in [0.1, 0.15) is 0 Å². The molecule has 0 radical (unpaired) electrons. The summed E-state index contributed by atoms with van der Waals surface area (Å²) in [5.74, 6) is -0.649. The Hall–Kier alpha value is -0.530. The van der Waals surface area contributed by atoms with E-state index in [1.54, 1.807) is 0 Å². The van der Waals surface area contributed by atoms with Gasteiger partial charge in [0.15, 0.2) is 0 Å². The molecule has 186 valence electrons. The molecule has 2 nitrogen and oxygen atoms in total. The molecule has 0 aromatic carbocycles. The van der Waals surface area contributed by atoms with Gasteiger partial charge in [-0.2, -0.15) is 0 Å². The second-order valence-electron chi connectivity index (χ2n) is 9.98. The van der Waals surface area contributed by atoms with Crippen molar-refractivity contribution in [3.63, 3.8) is 0 Å². The maximum atomic E-state index is 10.4. The standard InChI is InChI=1S/C29H58O2/c1-2-3-4-5-6-7-8-9-10-11-12-13-14-15-16-17-18-19-20-21-22-23-24-25-26-27-28-29(30)31/h2-28H2,1H3,(H,30,31). The van der Waals surface area contributed by atoms with Crippen LogP contribution in [0.4, 0.5) is 0 Å². The van der Waals surface area contributed by atoms with Gasteiger partial charge < -0.3 is 5.11 Å². The summed E-state index contributed by atoms with van der Waals surface area (Å²) in [5, 5.41) is 8.60. The van der Waals surface area contributed by atoms with E-state index in [1.807, 2.05) is 0 Å². The van der Waals surface area contributed by atoms with E-state index in [0.29, 0.717) is 6.42 Å². The van der Waals surface area contributed by atoms with Gasteiger partial charge >= 0.3 is 5.97 Å². The lowest BCUT2D eigenvalue weighted by molar-refractivity contribution is -0.137. The van der Waals surface area contributed by atoms with E-state index in [1.165, 1.54) is 154 Å². The van der Waals surface area contributed by atoms with Crippen LogP contribution in [0.1, 0.15) is 180 Å². The van der Waals surface area contributed by atoms with Gasteiger partial charge in [-0.3, -0.25) is 4.79 Å². The van der Waals surface area contributed by atoms with Crippen LogP contribution in [-0.4, -0.2) is 11.1 Å². The highest BCUT2D eigenvalue weighted by molar-refractivity contribution is 5.66. The normalized spacial score (nSPS) is 11.3. The van der Waals surface area contributed by atoms with Gasteiger partial charge in [0, 0.05) is 6.42 Å². The lowest BCUT2D eigenvalue weighted by Crippen LogP contribution is -1.93. The fourth-order valence-electron chi connectivity index (χ4n) is 4.59. The molecule has 0 saturated carbocycles. The number of unbranched alkanes of at least 4 members (excludes halogenated alkanes) is 25. The summed E-state index contributed by atoms with van der Waals surface area (Å²) in [5.41, 5.74) is 0. The summed E-state index contributed by atoms with van der Waals surface area (Å²) < 4.78 is 0. The van der Waals surface area contributed by atoms with Crippen LogP contribution in [0.15, 0.2) is 0 Å². The van der Waals surface area contributed by atoms with Crippen molar-refractivity contribution in [2.75, 3.05) is 0 Å². The molecular weight excluding hydrogens is 380 g/mol. The summed E-state index contributed by atoms with van der Waals surface area (Å²) in [6, 6.07) is 0. The maximum absolute atomic E-state index is 10.4. The summed E-state index contributed by atoms with van der Waals surface area (Å²) in [6.07, 6.45) is 36.5. The zero-order valence-electron chi connectivity index (χ0n) is 21.4. The second kappa shape index (κ2) is 27.5. The zero-order valence-corrected chi connectivity index (χ0v) is 21.4. The monoisotopic (exact) mass is 438 g/mol. The molecule has 0 saturated heterocycles. The molecule has 31 heavy (non-hydrogen) atoms. The number of aliphatic carboxylic acids is 1. The van der Waals surface area contributed by atoms with Crippen molar-refractivity contribution in [2.45, 2.75) is 180 Å². The Morgan fingerprint density at radius 3 is 0.774 bits per heavy atom. The minimum absolute atomic E-state index is 0.347. The Bertz CT molecular complexity index is 340. The fourth-order valence-corrected chi connectivity index (χ4v) is 4.59. The van der Waals surface area contributed by atoms with Crippen LogP contribution >= 0.6 is 0 Å². The molecule has 0 aromatic rings. The molecule has 1 N–H and O–H groups in total. The van der Waals surface area contributed by atoms with Gasteiger partial charge in [-0.1, -0.05) is 167 Å². The molecule has 0 unspecified atom stereocenters. The first kappa shape index (κ1) is 30.5. The third-order valence-electron chi connectivity index (χ3n) is 6.74. The highest BCUT2D eigenvalue weighted by atomic mass is 16.4. The molecule has 0 amide bonds. The predicted octanol–water partition coefficient (Wildman–Crippen LogP) is 10.6. The minimum atomic E-state index is -0.649. The average Bonchev–Trinajstić information content (AvgIpc) is 2.76. The van der Waals surface area contributed by atoms with Crippen LogP contribution in [0.25, 0.3) is 0 Å². The van der Waals surface area contributed by atoms with E-state index in [4.69, 9.17) is 5.11 Å². The molecular formula is C29H58O2. The topological polar surface area (TPSA) is 37.3 Å². The number of carbonyl (C=O) groups is 1. The highest BCUT2D eigenvalue weighted by Crippen LogP contribution is 2.16. The van der Waals surface area contributed by atoms with Gasteiger partial charge in [-0.15, -0.1) is 0 Å². The Balaban J connectivity index is 3.00. The van der Waals surface area contributed by atoms with E-state index in [0.717, 1.165) is 12.8 Å². The largest absolute Gasteiger partial charge is 0.481 e. The Morgan fingerprint density at radius 2 is 0.581 bits per heavy atom. The molecule has 0 aliphatic rings. The van der Waals surface area contributed by atoms with Gasteiger partial charge in [-0.05, 0) is 6.42 Å². The summed E-state index contributed by atoms with van der Waals surface area (Å²) in [6.45, 7) is 2.30. The Labute approximate surface area is 196 Å². The van der Waals surface area contributed by atoms with Crippen molar-refractivity contribution < 1.29 is 9.90 Å². The van der Waals surface area contributed by atoms with Gasteiger partial charge in [0.25, 0.3) is 0 Å². The minimum Gasteiger partial charge on any atom is -0.481 e. The second-order valence-corrected chi connectivity index (χ2v) is 9.98. The lowest BCUT2D eigenvalue weighted by atomic mass is 10.0. The third-order valence-corrected chi connectivity index (χ3v) is 6.74. The molecule has 0 atom stereocenters. The molecule has 0 heterocycles. The quantitative estimate of drug-likeness (QED) is 0.129. The van der Waals surface area contributed by atoms with Crippen molar-refractivity contribution >= 4 is 5.97 Å². The zero-order chi connectivity index (χ0) is 22.7. The van der Waals surface area contributed by atoms with Crippen molar-refractivity contribution in [2.24, 2.45) is 0 Å². The molecule has 0 aliphatic carbocycles. The molecule has 0 rings (SSSR count). The van der Waals surface area contributed by atoms with Crippen molar-refractivity contribution in [1.82, 2.24) is 0 Å². The van der Waals surface area contributed by atoms with Crippen LogP contribution in [0.5, 0.6) is 0 Å². The molecule has 0 fully saturated rings. The van der Waals surface area contributed by atoms with Crippen molar-refractivity contribution in [1.29, 1.82) is 0 Å². The van der Waals surface area contributed by atoms with E-state index in [9.17, 15) is 4.79 Å². The number of rotatable bonds is 27. The third kappa shape index (κ3) is 29.5.